The van der Waals surface area contributed by atoms with Gasteiger partial charge in [0.05, 0.1) is 22.8 Å². The molecule has 0 radical (unpaired) electrons. The fourth-order valence-electron chi connectivity index (χ4n) is 12.5. The second-order valence-electron chi connectivity index (χ2n) is 18.7. The lowest BCUT2D eigenvalue weighted by Gasteiger charge is -2.38. The van der Waals surface area contributed by atoms with Crippen molar-refractivity contribution in [3.05, 3.63) is 318 Å². The van der Waals surface area contributed by atoms with E-state index < -0.39 is 10.8 Å². The first-order valence-electron chi connectivity index (χ1n) is 24.2. The minimum atomic E-state index is -0.635. The van der Waals surface area contributed by atoms with E-state index in [0.717, 1.165) is 39.2 Å². The van der Waals surface area contributed by atoms with E-state index in [4.69, 9.17) is 4.42 Å². The van der Waals surface area contributed by atoms with E-state index in [1.807, 2.05) is 6.07 Å². The summed E-state index contributed by atoms with van der Waals surface area (Å²) in [5.74, 6) is 0. The van der Waals surface area contributed by atoms with Gasteiger partial charge in [-0.25, -0.2) is 0 Å². The number of furan rings is 1. The van der Waals surface area contributed by atoms with Gasteiger partial charge in [0.2, 0.25) is 0 Å². The standard InChI is InChI=1S/C68H45NO/c1-5-20-48(21-6-1)67(49-22-7-2-8-23-49)61-42-37-46-19-13-14-28-55(46)65(61)59-41-40-53(45-62(59)67)69(52-38-35-47(36-39-52)54-30-18-34-64-57(54)43-44-70-64)63-33-17-31-58-56-29-15-16-32-60(56)68(66(58)63,50-24-9-3-10-25-50)51-26-11-4-12-27-51/h1-45H. The molecule has 0 bridgehead atoms. The van der Waals surface area contributed by atoms with Crippen LogP contribution in [0.15, 0.2) is 278 Å². The van der Waals surface area contributed by atoms with Crippen molar-refractivity contribution in [2.24, 2.45) is 0 Å². The maximum atomic E-state index is 5.88. The lowest BCUT2D eigenvalue weighted by Crippen LogP contribution is -2.31. The molecule has 328 valence electrons. The van der Waals surface area contributed by atoms with Crippen LogP contribution in [0, 0.1) is 0 Å². The van der Waals surface area contributed by atoms with Crippen molar-refractivity contribution in [1.29, 1.82) is 0 Å². The first-order valence-corrected chi connectivity index (χ1v) is 24.2. The van der Waals surface area contributed by atoms with Crippen LogP contribution in [0.3, 0.4) is 0 Å². The second-order valence-corrected chi connectivity index (χ2v) is 18.7. The SMILES string of the molecule is c1ccc(C2(c3ccccc3)c3cc(N(c4ccc(-c5cccc6occc56)cc4)c4cccc5c4C(c4ccccc4)(c4ccccc4)c4ccccc4-5)ccc3-c3c2ccc2ccccc32)cc1. The number of rotatable bonds is 8. The van der Waals surface area contributed by atoms with Gasteiger partial charge in [0.15, 0.2) is 0 Å². The third kappa shape index (κ3) is 5.68. The van der Waals surface area contributed by atoms with Crippen LogP contribution < -0.4 is 4.90 Å². The molecular formula is C68H45NO. The lowest BCUT2D eigenvalue weighted by atomic mass is 9.67. The fraction of sp³-hybridized carbons (Fsp3) is 0.0294. The molecule has 70 heavy (non-hydrogen) atoms. The summed E-state index contributed by atoms with van der Waals surface area (Å²) < 4.78 is 5.88. The van der Waals surface area contributed by atoms with Crippen LogP contribution in [0.25, 0.3) is 55.1 Å². The summed E-state index contributed by atoms with van der Waals surface area (Å²) in [7, 11) is 0. The van der Waals surface area contributed by atoms with Gasteiger partial charge in [-0.1, -0.05) is 224 Å². The molecule has 0 amide bonds. The van der Waals surface area contributed by atoms with Gasteiger partial charge in [-0.15, -0.1) is 0 Å². The van der Waals surface area contributed by atoms with Crippen LogP contribution >= 0.6 is 0 Å². The lowest BCUT2D eigenvalue weighted by molar-refractivity contribution is 0.616. The molecular weight excluding hydrogens is 847 g/mol. The highest BCUT2D eigenvalue weighted by atomic mass is 16.3. The van der Waals surface area contributed by atoms with Gasteiger partial charge in [-0.3, -0.25) is 0 Å². The van der Waals surface area contributed by atoms with E-state index in [1.54, 1.807) is 6.26 Å². The summed E-state index contributed by atoms with van der Waals surface area (Å²) in [6, 6.07) is 99.0. The Morgan fingerprint density at radius 1 is 0.329 bits per heavy atom. The molecule has 0 N–H and O–H groups in total. The summed E-state index contributed by atoms with van der Waals surface area (Å²) >= 11 is 0. The minimum Gasteiger partial charge on any atom is -0.464 e. The van der Waals surface area contributed by atoms with E-state index in [0.29, 0.717) is 0 Å². The van der Waals surface area contributed by atoms with E-state index in [1.165, 1.54) is 77.5 Å². The van der Waals surface area contributed by atoms with Crippen molar-refractivity contribution >= 4 is 38.8 Å². The van der Waals surface area contributed by atoms with Gasteiger partial charge in [0.25, 0.3) is 0 Å². The largest absolute Gasteiger partial charge is 0.464 e. The molecule has 0 atom stereocenters. The van der Waals surface area contributed by atoms with Crippen molar-refractivity contribution in [3.63, 3.8) is 0 Å². The van der Waals surface area contributed by atoms with Gasteiger partial charge in [0.1, 0.15) is 5.58 Å². The number of nitrogens with zero attached hydrogens (tertiary/aromatic N) is 1. The molecule has 11 aromatic carbocycles. The average molecular weight is 892 g/mol. The maximum absolute atomic E-state index is 5.88. The Kier molecular flexibility index (Phi) is 9.06. The third-order valence-corrected chi connectivity index (χ3v) is 15.3. The van der Waals surface area contributed by atoms with Gasteiger partial charge in [-0.05, 0) is 126 Å². The molecule has 2 nitrogen and oxygen atoms in total. The van der Waals surface area contributed by atoms with Crippen molar-refractivity contribution < 1.29 is 4.42 Å². The Bertz CT molecular complexity index is 3850. The number of fused-ring (bicyclic) bond motifs is 9. The zero-order valence-electron chi connectivity index (χ0n) is 38.3. The highest BCUT2D eigenvalue weighted by molar-refractivity contribution is 6.05. The summed E-state index contributed by atoms with van der Waals surface area (Å²) in [5.41, 5.74) is 20.2. The monoisotopic (exact) mass is 891 g/mol. The van der Waals surface area contributed by atoms with Gasteiger partial charge < -0.3 is 9.32 Å². The Labute approximate surface area is 408 Å². The predicted molar refractivity (Wildman–Crippen MR) is 288 cm³/mol. The van der Waals surface area contributed by atoms with Crippen LogP contribution in [-0.2, 0) is 10.8 Å². The first kappa shape index (κ1) is 40.1. The topological polar surface area (TPSA) is 16.4 Å². The Morgan fingerprint density at radius 3 is 1.60 bits per heavy atom. The minimum absolute atomic E-state index is 0.612. The zero-order chi connectivity index (χ0) is 46.2. The van der Waals surface area contributed by atoms with Gasteiger partial charge in [0, 0.05) is 22.3 Å². The molecule has 2 heteroatoms. The van der Waals surface area contributed by atoms with Crippen molar-refractivity contribution in [2.45, 2.75) is 10.8 Å². The average Bonchev–Trinajstić information content (AvgIpc) is 4.13. The predicted octanol–water partition coefficient (Wildman–Crippen LogP) is 17.4. The molecule has 0 saturated heterocycles. The maximum Gasteiger partial charge on any atom is 0.134 e. The normalized spacial score (nSPS) is 13.7. The van der Waals surface area contributed by atoms with Crippen LogP contribution in [0.1, 0.15) is 44.5 Å². The highest BCUT2D eigenvalue weighted by Crippen LogP contribution is 2.62. The number of hydrogen-bond donors (Lipinski definition) is 0. The van der Waals surface area contributed by atoms with E-state index in [2.05, 4.69) is 266 Å². The summed E-state index contributed by atoms with van der Waals surface area (Å²) in [6.45, 7) is 0. The summed E-state index contributed by atoms with van der Waals surface area (Å²) in [6.07, 6.45) is 1.78. The molecule has 0 aliphatic heterocycles. The van der Waals surface area contributed by atoms with Crippen LogP contribution in [0.5, 0.6) is 0 Å². The van der Waals surface area contributed by atoms with Crippen LogP contribution in [0.2, 0.25) is 0 Å². The van der Waals surface area contributed by atoms with Crippen molar-refractivity contribution in [3.8, 4) is 33.4 Å². The van der Waals surface area contributed by atoms with Gasteiger partial charge in [-0.2, -0.15) is 0 Å². The smallest absolute Gasteiger partial charge is 0.134 e. The number of anilines is 3. The Balaban J connectivity index is 1.09. The van der Waals surface area contributed by atoms with Crippen molar-refractivity contribution in [2.75, 3.05) is 4.90 Å². The highest BCUT2D eigenvalue weighted by Gasteiger charge is 2.50. The zero-order valence-corrected chi connectivity index (χ0v) is 38.3. The second kappa shape index (κ2) is 15.8. The van der Waals surface area contributed by atoms with Crippen LogP contribution in [-0.4, -0.2) is 0 Å². The van der Waals surface area contributed by atoms with E-state index in [9.17, 15) is 0 Å². The molecule has 1 heterocycles. The molecule has 2 aliphatic rings. The van der Waals surface area contributed by atoms with E-state index >= 15 is 0 Å². The van der Waals surface area contributed by atoms with E-state index in [-0.39, 0.29) is 0 Å². The molecule has 2 aliphatic carbocycles. The third-order valence-electron chi connectivity index (χ3n) is 15.3. The molecule has 14 rings (SSSR count). The molecule has 0 saturated carbocycles. The summed E-state index contributed by atoms with van der Waals surface area (Å²) in [4.78, 5) is 2.54. The summed E-state index contributed by atoms with van der Waals surface area (Å²) in [5, 5.41) is 3.60. The molecule has 12 aromatic rings. The quantitative estimate of drug-likeness (QED) is 0.151. The first-order chi connectivity index (χ1) is 34.7. The molecule has 1 aromatic heterocycles. The Morgan fingerprint density at radius 2 is 0.900 bits per heavy atom. The van der Waals surface area contributed by atoms with Crippen molar-refractivity contribution in [1.82, 2.24) is 0 Å². The molecule has 0 spiro atoms. The van der Waals surface area contributed by atoms with Gasteiger partial charge >= 0.3 is 0 Å². The molecule has 0 unspecified atom stereocenters. The Hall–Kier alpha value is -8.98. The number of hydrogen-bond acceptors (Lipinski definition) is 2. The number of benzene rings is 11. The molecule has 0 fully saturated rings. The fourth-order valence-corrected chi connectivity index (χ4v) is 12.5. The van der Waals surface area contributed by atoms with Crippen LogP contribution in [0.4, 0.5) is 17.1 Å².